The van der Waals surface area contributed by atoms with Gasteiger partial charge in [-0.15, -0.1) is 0 Å². The van der Waals surface area contributed by atoms with E-state index >= 15 is 0 Å². The van der Waals surface area contributed by atoms with Gasteiger partial charge >= 0.3 is 0 Å². The average molecular weight is 307 g/mol. The summed E-state index contributed by atoms with van der Waals surface area (Å²) in [4.78, 5) is 8.35. The molecule has 6 heteroatoms. The third kappa shape index (κ3) is 2.52. The third-order valence-corrected chi connectivity index (χ3v) is 3.31. The smallest absolute Gasteiger partial charge is 0.161 e. The van der Waals surface area contributed by atoms with Crippen LogP contribution >= 0.6 is 11.6 Å². The van der Waals surface area contributed by atoms with Gasteiger partial charge in [0.1, 0.15) is 10.9 Å². The molecular weight excluding hydrogens is 298 g/mol. The summed E-state index contributed by atoms with van der Waals surface area (Å²) in [6, 6.07) is 9.06. The van der Waals surface area contributed by atoms with Gasteiger partial charge in [-0.05, 0) is 18.2 Å². The molecule has 3 aromatic rings. The van der Waals surface area contributed by atoms with Gasteiger partial charge in [-0.1, -0.05) is 23.7 Å². The number of nitrogens with zero attached hydrogens (tertiary/aromatic N) is 2. The Labute approximate surface area is 124 Å². The number of methoxy groups -OCH3 is 1. The molecule has 0 unspecified atom stereocenters. The van der Waals surface area contributed by atoms with E-state index in [0.717, 1.165) is 12.1 Å². The first-order valence-corrected chi connectivity index (χ1v) is 6.43. The molecule has 21 heavy (non-hydrogen) atoms. The van der Waals surface area contributed by atoms with Crippen LogP contribution in [0.25, 0.3) is 22.3 Å². The highest BCUT2D eigenvalue weighted by Crippen LogP contribution is 2.28. The molecule has 0 aliphatic rings. The summed E-state index contributed by atoms with van der Waals surface area (Å²) in [6.45, 7) is 0. The molecule has 106 valence electrons. The van der Waals surface area contributed by atoms with Crippen LogP contribution in [0.1, 0.15) is 0 Å². The van der Waals surface area contributed by atoms with Crippen LogP contribution in [0, 0.1) is 11.6 Å². The van der Waals surface area contributed by atoms with Gasteiger partial charge in [0.05, 0.1) is 12.6 Å². The number of halogens is 3. The van der Waals surface area contributed by atoms with E-state index in [0.29, 0.717) is 17.1 Å². The standard InChI is InChI=1S/C15H9ClF2N2O/c1-21-9-4-2-3-8(5-9)15-19-13-7-12(18)11(17)6-10(13)14(16)20-15/h2-7H,1H3. The second kappa shape index (κ2) is 5.26. The first-order valence-electron chi connectivity index (χ1n) is 6.05. The van der Waals surface area contributed by atoms with Crippen molar-refractivity contribution in [1.82, 2.24) is 9.97 Å². The van der Waals surface area contributed by atoms with Crippen LogP contribution in [0.2, 0.25) is 5.15 Å². The first kappa shape index (κ1) is 13.7. The molecule has 0 atom stereocenters. The van der Waals surface area contributed by atoms with Gasteiger partial charge in [0.15, 0.2) is 17.5 Å². The molecule has 0 aliphatic carbocycles. The van der Waals surface area contributed by atoms with Crippen molar-refractivity contribution in [3.8, 4) is 17.1 Å². The van der Waals surface area contributed by atoms with Crippen molar-refractivity contribution < 1.29 is 13.5 Å². The molecular formula is C15H9ClF2N2O. The molecule has 0 spiro atoms. The van der Waals surface area contributed by atoms with Crippen molar-refractivity contribution in [2.45, 2.75) is 0 Å². The van der Waals surface area contributed by atoms with Gasteiger partial charge in [-0.2, -0.15) is 0 Å². The molecule has 0 amide bonds. The van der Waals surface area contributed by atoms with Crippen LogP contribution in [-0.2, 0) is 0 Å². The summed E-state index contributed by atoms with van der Waals surface area (Å²) in [5.41, 5.74) is 0.912. The molecule has 1 heterocycles. The molecule has 0 bridgehead atoms. The van der Waals surface area contributed by atoms with Crippen LogP contribution in [0.5, 0.6) is 5.75 Å². The van der Waals surface area contributed by atoms with Crippen molar-refractivity contribution in [2.24, 2.45) is 0 Å². The second-order valence-electron chi connectivity index (χ2n) is 4.35. The van der Waals surface area contributed by atoms with E-state index < -0.39 is 11.6 Å². The Balaban J connectivity index is 2.22. The lowest BCUT2D eigenvalue weighted by Gasteiger charge is -2.06. The summed E-state index contributed by atoms with van der Waals surface area (Å²) < 4.78 is 31.7. The Bertz CT molecular complexity index is 839. The van der Waals surface area contributed by atoms with E-state index in [1.807, 2.05) is 0 Å². The molecule has 0 saturated carbocycles. The fourth-order valence-corrected chi connectivity index (χ4v) is 2.21. The summed E-state index contributed by atoms with van der Waals surface area (Å²) in [7, 11) is 1.55. The van der Waals surface area contributed by atoms with Crippen molar-refractivity contribution in [3.63, 3.8) is 0 Å². The van der Waals surface area contributed by atoms with E-state index in [4.69, 9.17) is 16.3 Å². The van der Waals surface area contributed by atoms with E-state index in [9.17, 15) is 8.78 Å². The summed E-state index contributed by atoms with van der Waals surface area (Å²) >= 11 is 6.04. The van der Waals surface area contributed by atoms with E-state index in [1.54, 1.807) is 31.4 Å². The Morgan fingerprint density at radius 2 is 1.81 bits per heavy atom. The SMILES string of the molecule is COc1cccc(-c2nc(Cl)c3cc(F)c(F)cc3n2)c1. The molecule has 0 aliphatic heterocycles. The summed E-state index contributed by atoms with van der Waals surface area (Å²) in [5.74, 6) is -1.01. The first-order chi connectivity index (χ1) is 10.1. The highest BCUT2D eigenvalue weighted by atomic mass is 35.5. The number of benzene rings is 2. The van der Waals surface area contributed by atoms with E-state index in [1.165, 1.54) is 0 Å². The Kier molecular flexibility index (Phi) is 3.43. The van der Waals surface area contributed by atoms with Gasteiger partial charge in [0.2, 0.25) is 0 Å². The van der Waals surface area contributed by atoms with Crippen molar-refractivity contribution >= 4 is 22.5 Å². The minimum atomic E-state index is -0.984. The van der Waals surface area contributed by atoms with Gasteiger partial charge < -0.3 is 4.74 Å². The average Bonchev–Trinajstić information content (AvgIpc) is 2.49. The third-order valence-electron chi connectivity index (χ3n) is 3.02. The fourth-order valence-electron chi connectivity index (χ4n) is 1.98. The fraction of sp³-hybridized carbons (Fsp3) is 0.0667. The summed E-state index contributed by atoms with van der Waals surface area (Å²) in [5, 5.41) is 0.332. The lowest BCUT2D eigenvalue weighted by Crippen LogP contribution is -1.95. The zero-order chi connectivity index (χ0) is 15.0. The Morgan fingerprint density at radius 3 is 2.57 bits per heavy atom. The van der Waals surface area contributed by atoms with Crippen molar-refractivity contribution in [1.29, 1.82) is 0 Å². The molecule has 1 aromatic heterocycles. The largest absolute Gasteiger partial charge is 0.497 e. The topological polar surface area (TPSA) is 35.0 Å². The normalized spacial score (nSPS) is 10.9. The van der Waals surface area contributed by atoms with Gasteiger partial charge in [-0.25, -0.2) is 18.7 Å². The van der Waals surface area contributed by atoms with E-state index in [-0.39, 0.29) is 16.1 Å². The molecule has 3 nitrogen and oxygen atoms in total. The number of fused-ring (bicyclic) bond motifs is 1. The van der Waals surface area contributed by atoms with Crippen molar-refractivity contribution in [3.05, 3.63) is 53.2 Å². The number of aromatic nitrogens is 2. The minimum Gasteiger partial charge on any atom is -0.497 e. The monoisotopic (exact) mass is 306 g/mol. The molecule has 2 aromatic carbocycles. The quantitative estimate of drug-likeness (QED) is 0.664. The molecule has 0 radical (unpaired) electrons. The maximum atomic E-state index is 13.3. The lowest BCUT2D eigenvalue weighted by atomic mass is 10.2. The van der Waals surface area contributed by atoms with Crippen LogP contribution < -0.4 is 4.74 Å². The highest BCUT2D eigenvalue weighted by molar-refractivity contribution is 6.34. The Morgan fingerprint density at radius 1 is 1.05 bits per heavy atom. The van der Waals surface area contributed by atoms with Crippen LogP contribution in [0.4, 0.5) is 8.78 Å². The lowest BCUT2D eigenvalue weighted by molar-refractivity contribution is 0.415. The molecule has 0 saturated heterocycles. The number of ether oxygens (including phenoxy) is 1. The second-order valence-corrected chi connectivity index (χ2v) is 4.71. The van der Waals surface area contributed by atoms with E-state index in [2.05, 4.69) is 9.97 Å². The Hall–Kier alpha value is -2.27. The predicted octanol–water partition coefficient (Wildman–Crippen LogP) is 4.24. The number of hydrogen-bond donors (Lipinski definition) is 0. The van der Waals surface area contributed by atoms with Gasteiger partial charge in [-0.3, -0.25) is 0 Å². The molecule has 0 fully saturated rings. The molecule has 0 N–H and O–H groups in total. The highest BCUT2D eigenvalue weighted by Gasteiger charge is 2.12. The van der Waals surface area contributed by atoms with Crippen LogP contribution in [0.3, 0.4) is 0 Å². The molecule has 3 rings (SSSR count). The maximum absolute atomic E-state index is 13.3. The number of rotatable bonds is 2. The van der Waals surface area contributed by atoms with Gasteiger partial charge in [0.25, 0.3) is 0 Å². The van der Waals surface area contributed by atoms with Crippen LogP contribution in [-0.4, -0.2) is 17.1 Å². The van der Waals surface area contributed by atoms with Gasteiger partial charge in [0, 0.05) is 17.0 Å². The minimum absolute atomic E-state index is 0.0664. The zero-order valence-corrected chi connectivity index (χ0v) is 11.7. The van der Waals surface area contributed by atoms with Crippen LogP contribution in [0.15, 0.2) is 36.4 Å². The number of hydrogen-bond acceptors (Lipinski definition) is 3. The zero-order valence-electron chi connectivity index (χ0n) is 10.9. The predicted molar refractivity (Wildman–Crippen MR) is 76.5 cm³/mol. The maximum Gasteiger partial charge on any atom is 0.161 e. The summed E-state index contributed by atoms with van der Waals surface area (Å²) in [6.07, 6.45) is 0. The van der Waals surface area contributed by atoms with Crippen molar-refractivity contribution in [2.75, 3.05) is 7.11 Å².